The minimum atomic E-state index is 0.727. The first-order valence-corrected chi connectivity index (χ1v) is 7.54. The predicted molar refractivity (Wildman–Crippen MR) is 80.6 cm³/mol. The number of rotatable bonds is 3. The molecule has 3 rings (SSSR count). The summed E-state index contributed by atoms with van der Waals surface area (Å²) in [6.45, 7) is 8.12. The minimum Gasteiger partial charge on any atom is -0.384 e. The molecule has 1 saturated heterocycles. The second kappa shape index (κ2) is 5.51. The van der Waals surface area contributed by atoms with Crippen molar-refractivity contribution in [1.82, 2.24) is 9.80 Å². The predicted octanol–water partition coefficient (Wildman–Crippen LogP) is 2.18. The van der Waals surface area contributed by atoms with E-state index in [1.165, 1.54) is 49.3 Å². The van der Waals surface area contributed by atoms with Crippen LogP contribution in [0.15, 0.2) is 18.2 Å². The molecule has 1 fully saturated rings. The lowest BCUT2D eigenvalue weighted by molar-refractivity contribution is 0.0884. The number of benzene rings is 1. The molecule has 2 heterocycles. The molecule has 3 heteroatoms. The van der Waals surface area contributed by atoms with E-state index in [4.69, 9.17) is 0 Å². The van der Waals surface area contributed by atoms with E-state index in [0.29, 0.717) is 0 Å². The summed E-state index contributed by atoms with van der Waals surface area (Å²) in [5.74, 6) is 0. The first-order chi connectivity index (χ1) is 9.26. The van der Waals surface area contributed by atoms with Gasteiger partial charge in [-0.3, -0.25) is 4.90 Å². The van der Waals surface area contributed by atoms with Crippen LogP contribution >= 0.6 is 0 Å². The molecular formula is C16H25N3. The van der Waals surface area contributed by atoms with Gasteiger partial charge in [-0.25, -0.2) is 0 Å². The van der Waals surface area contributed by atoms with E-state index < -0.39 is 0 Å². The van der Waals surface area contributed by atoms with Crippen molar-refractivity contribution >= 4 is 5.69 Å². The van der Waals surface area contributed by atoms with Gasteiger partial charge in [-0.2, -0.15) is 0 Å². The lowest BCUT2D eigenvalue weighted by atomic mass is 10.1. The summed E-state index contributed by atoms with van der Waals surface area (Å²) in [6.07, 6.45) is 2.44. The largest absolute Gasteiger partial charge is 0.384 e. The Morgan fingerprint density at radius 2 is 2.21 bits per heavy atom. The fourth-order valence-corrected chi connectivity index (χ4v) is 3.31. The molecule has 0 aliphatic carbocycles. The number of nitrogens with one attached hydrogen (secondary N) is 1. The van der Waals surface area contributed by atoms with Crippen molar-refractivity contribution in [2.24, 2.45) is 0 Å². The highest BCUT2D eigenvalue weighted by Crippen LogP contribution is 2.24. The highest BCUT2D eigenvalue weighted by Gasteiger charge is 2.22. The minimum absolute atomic E-state index is 0.727. The van der Waals surface area contributed by atoms with Gasteiger partial charge in [-0.1, -0.05) is 19.1 Å². The Hall–Kier alpha value is -1.06. The van der Waals surface area contributed by atoms with Crippen LogP contribution in [0.25, 0.3) is 0 Å². The molecule has 1 atom stereocenters. The van der Waals surface area contributed by atoms with Crippen LogP contribution in [0.1, 0.15) is 24.5 Å². The van der Waals surface area contributed by atoms with Crippen molar-refractivity contribution in [1.29, 1.82) is 0 Å². The third-order valence-corrected chi connectivity index (χ3v) is 4.62. The Morgan fingerprint density at radius 1 is 1.32 bits per heavy atom. The first kappa shape index (κ1) is 12.9. The van der Waals surface area contributed by atoms with Gasteiger partial charge in [-0.05, 0) is 37.1 Å². The number of piperazine rings is 1. The molecule has 3 nitrogen and oxygen atoms in total. The van der Waals surface area contributed by atoms with Crippen LogP contribution in [0.4, 0.5) is 5.69 Å². The van der Waals surface area contributed by atoms with Crippen molar-refractivity contribution in [3.63, 3.8) is 0 Å². The molecule has 0 aromatic heterocycles. The van der Waals surface area contributed by atoms with E-state index in [1.807, 2.05) is 0 Å². The Balaban J connectivity index is 1.65. The highest BCUT2D eigenvalue weighted by molar-refractivity contribution is 5.56. The zero-order chi connectivity index (χ0) is 13.2. The van der Waals surface area contributed by atoms with E-state index in [0.717, 1.165) is 19.1 Å². The van der Waals surface area contributed by atoms with Gasteiger partial charge in [0.1, 0.15) is 0 Å². The zero-order valence-electron chi connectivity index (χ0n) is 12.2. The molecule has 1 aromatic rings. The fourth-order valence-electron chi connectivity index (χ4n) is 3.31. The van der Waals surface area contributed by atoms with Crippen molar-refractivity contribution in [3.05, 3.63) is 29.3 Å². The van der Waals surface area contributed by atoms with Crippen LogP contribution in [-0.4, -0.2) is 49.1 Å². The van der Waals surface area contributed by atoms with Gasteiger partial charge in [0, 0.05) is 44.5 Å². The van der Waals surface area contributed by atoms with Gasteiger partial charge < -0.3 is 10.2 Å². The zero-order valence-corrected chi connectivity index (χ0v) is 12.2. The van der Waals surface area contributed by atoms with Crippen LogP contribution < -0.4 is 5.32 Å². The number of likely N-dealkylation sites (N-methyl/N-ethyl adjacent to an activating group) is 1. The van der Waals surface area contributed by atoms with Gasteiger partial charge in [0.25, 0.3) is 0 Å². The van der Waals surface area contributed by atoms with Crippen LogP contribution in [-0.2, 0) is 13.0 Å². The third kappa shape index (κ3) is 2.77. The maximum Gasteiger partial charge on any atom is 0.0373 e. The topological polar surface area (TPSA) is 18.5 Å². The van der Waals surface area contributed by atoms with Crippen LogP contribution in [0.5, 0.6) is 0 Å². The second-order valence-corrected chi connectivity index (χ2v) is 5.95. The van der Waals surface area contributed by atoms with Gasteiger partial charge >= 0.3 is 0 Å². The van der Waals surface area contributed by atoms with E-state index in [-0.39, 0.29) is 0 Å². The van der Waals surface area contributed by atoms with E-state index >= 15 is 0 Å². The maximum absolute atomic E-state index is 3.43. The Labute approximate surface area is 116 Å². The Kier molecular flexibility index (Phi) is 3.76. The van der Waals surface area contributed by atoms with E-state index in [9.17, 15) is 0 Å². The summed E-state index contributed by atoms with van der Waals surface area (Å²) >= 11 is 0. The van der Waals surface area contributed by atoms with Crippen LogP contribution in [0, 0.1) is 0 Å². The van der Waals surface area contributed by atoms with Crippen molar-refractivity contribution in [2.75, 3.05) is 38.5 Å². The molecule has 0 saturated carbocycles. The van der Waals surface area contributed by atoms with Crippen LogP contribution in [0.3, 0.4) is 0 Å². The molecule has 1 unspecified atom stereocenters. The molecule has 1 aromatic carbocycles. The Bertz CT molecular complexity index is 444. The molecular weight excluding hydrogens is 234 g/mol. The van der Waals surface area contributed by atoms with Gasteiger partial charge in [0.2, 0.25) is 0 Å². The van der Waals surface area contributed by atoms with Crippen LogP contribution in [0.2, 0.25) is 0 Å². The quantitative estimate of drug-likeness (QED) is 0.897. The number of anilines is 1. The average Bonchev–Trinajstić information content (AvgIpc) is 2.88. The monoisotopic (exact) mass is 259 g/mol. The van der Waals surface area contributed by atoms with E-state index in [2.05, 4.69) is 47.3 Å². The smallest absolute Gasteiger partial charge is 0.0373 e. The van der Waals surface area contributed by atoms with Crippen molar-refractivity contribution < 1.29 is 0 Å². The molecule has 19 heavy (non-hydrogen) atoms. The summed E-state index contributed by atoms with van der Waals surface area (Å²) in [5.41, 5.74) is 4.31. The lowest BCUT2D eigenvalue weighted by Crippen LogP contribution is -2.50. The standard InChI is InChI=1S/C16H25N3/c1-3-15-12-19(9-8-18(15)2)11-13-4-5-16-14(10-13)6-7-17-16/h4-5,10,15,17H,3,6-9,11-12H2,1-2H3. The van der Waals surface area contributed by atoms with Crippen molar-refractivity contribution in [3.8, 4) is 0 Å². The molecule has 2 aliphatic rings. The summed E-state index contributed by atoms with van der Waals surface area (Å²) < 4.78 is 0. The molecule has 0 spiro atoms. The Morgan fingerprint density at radius 3 is 3.05 bits per heavy atom. The number of hydrogen-bond donors (Lipinski definition) is 1. The lowest BCUT2D eigenvalue weighted by Gasteiger charge is -2.39. The number of hydrogen-bond acceptors (Lipinski definition) is 3. The SMILES string of the molecule is CCC1CN(Cc2ccc3c(c2)CCN3)CCN1C. The highest BCUT2D eigenvalue weighted by atomic mass is 15.3. The normalized spacial score (nSPS) is 24.2. The summed E-state index contributed by atoms with van der Waals surface area (Å²) in [7, 11) is 2.26. The molecule has 0 radical (unpaired) electrons. The average molecular weight is 259 g/mol. The van der Waals surface area contributed by atoms with E-state index in [1.54, 1.807) is 0 Å². The van der Waals surface area contributed by atoms with Gasteiger partial charge in [0.05, 0.1) is 0 Å². The second-order valence-electron chi connectivity index (χ2n) is 5.95. The molecule has 104 valence electrons. The molecule has 0 amide bonds. The molecule has 1 N–H and O–H groups in total. The number of nitrogens with zero attached hydrogens (tertiary/aromatic N) is 2. The van der Waals surface area contributed by atoms with Gasteiger partial charge in [0.15, 0.2) is 0 Å². The van der Waals surface area contributed by atoms with Gasteiger partial charge in [-0.15, -0.1) is 0 Å². The fraction of sp³-hybridized carbons (Fsp3) is 0.625. The summed E-state index contributed by atoms with van der Waals surface area (Å²) in [6, 6.07) is 7.67. The first-order valence-electron chi connectivity index (χ1n) is 7.54. The summed E-state index contributed by atoms with van der Waals surface area (Å²) in [4.78, 5) is 5.11. The molecule has 0 bridgehead atoms. The number of fused-ring (bicyclic) bond motifs is 1. The van der Waals surface area contributed by atoms with Crippen molar-refractivity contribution in [2.45, 2.75) is 32.4 Å². The third-order valence-electron chi connectivity index (χ3n) is 4.62. The maximum atomic E-state index is 3.43. The summed E-state index contributed by atoms with van der Waals surface area (Å²) in [5, 5.41) is 3.43. The molecule has 2 aliphatic heterocycles.